The molecule has 0 spiro atoms. The molecule has 0 heterocycles. The normalized spacial score (nSPS) is 11.1. The number of hydrogen-bond donors (Lipinski definition) is 0. The molecule has 11 aromatic carbocycles. The van der Waals surface area contributed by atoms with Crippen LogP contribution in [0.1, 0.15) is 55.6 Å². The van der Waals surface area contributed by atoms with Gasteiger partial charge in [0.25, 0.3) is 0 Å². The van der Waals surface area contributed by atoms with E-state index in [1.54, 1.807) is 0 Å². The highest BCUT2D eigenvalue weighted by Crippen LogP contribution is 2.43. The van der Waals surface area contributed by atoms with Gasteiger partial charge in [-0.3, -0.25) is 0 Å². The molecule has 0 fully saturated rings. The zero-order valence-electron chi connectivity index (χ0n) is 48.8. The third-order valence-electron chi connectivity index (χ3n) is 16.0. The maximum atomic E-state index is 2.40. The van der Waals surface area contributed by atoms with Crippen LogP contribution in [-0.4, -0.2) is 7.05 Å². The first-order chi connectivity index (χ1) is 39.1. The largest absolute Gasteiger partial charge is 0.344 e. The molecule has 0 aliphatic rings. The van der Waals surface area contributed by atoms with Gasteiger partial charge in [-0.15, -0.1) is 0 Å². The van der Waals surface area contributed by atoms with E-state index in [0.29, 0.717) is 0 Å². The van der Waals surface area contributed by atoms with Crippen LogP contribution in [0, 0.1) is 69.2 Å². The van der Waals surface area contributed by atoms with Gasteiger partial charge in [0.15, 0.2) is 0 Å². The molecule has 0 bridgehead atoms. The molecular weight excluding hydrogens is 981 g/mol. The predicted octanol–water partition coefficient (Wildman–Crippen LogP) is 21.9. The molecule has 0 aliphatic heterocycles. The summed E-state index contributed by atoms with van der Waals surface area (Å²) in [5.74, 6) is 0. The first-order valence-electron chi connectivity index (χ1n) is 28.3. The summed E-state index contributed by atoms with van der Waals surface area (Å²) < 4.78 is 0. The molecule has 0 saturated heterocycles. The smallest absolute Gasteiger partial charge is 0.0491 e. The number of benzene rings is 11. The lowest BCUT2D eigenvalue weighted by molar-refractivity contribution is 1.18. The Hall–Kier alpha value is -9.38. The lowest BCUT2D eigenvalue weighted by Crippen LogP contribution is -2.13. The number of nitrogens with zero attached hydrogens (tertiary/aromatic N) is 4. The molecular formula is C77H72N4. The van der Waals surface area contributed by atoms with Gasteiger partial charge >= 0.3 is 0 Å². The third kappa shape index (κ3) is 11.3. The first kappa shape index (κ1) is 53.6. The van der Waals surface area contributed by atoms with E-state index in [2.05, 4.69) is 332 Å². The van der Waals surface area contributed by atoms with E-state index in [4.69, 9.17) is 0 Å². The second-order valence-corrected chi connectivity index (χ2v) is 22.3. The maximum Gasteiger partial charge on any atom is 0.0491 e. The van der Waals surface area contributed by atoms with Crippen molar-refractivity contribution in [3.05, 3.63) is 292 Å². The van der Waals surface area contributed by atoms with Gasteiger partial charge < -0.3 is 19.6 Å². The topological polar surface area (TPSA) is 13.0 Å². The molecule has 0 aliphatic carbocycles. The second kappa shape index (κ2) is 22.8. The molecule has 400 valence electrons. The molecule has 11 aromatic rings. The van der Waals surface area contributed by atoms with Crippen molar-refractivity contribution < 1.29 is 0 Å². The minimum Gasteiger partial charge on any atom is -0.344 e. The molecule has 81 heavy (non-hydrogen) atoms. The minimum atomic E-state index is 1.10. The van der Waals surface area contributed by atoms with Crippen molar-refractivity contribution in [1.82, 2.24) is 0 Å². The number of hydrogen-bond acceptors (Lipinski definition) is 4. The van der Waals surface area contributed by atoms with Gasteiger partial charge in [0, 0.05) is 69.6 Å². The number of anilines is 11. The lowest BCUT2D eigenvalue weighted by atomic mass is 10.0. The summed E-state index contributed by atoms with van der Waals surface area (Å²) in [5, 5.41) is 0. The fourth-order valence-electron chi connectivity index (χ4n) is 11.7. The summed E-state index contributed by atoms with van der Waals surface area (Å²) in [6.45, 7) is 21.8. The fourth-order valence-corrected chi connectivity index (χ4v) is 11.7. The van der Waals surface area contributed by atoms with E-state index in [9.17, 15) is 0 Å². The van der Waals surface area contributed by atoms with Crippen LogP contribution in [-0.2, 0) is 0 Å². The monoisotopic (exact) mass is 1050 g/mol. The quantitative estimate of drug-likeness (QED) is 0.108. The SMILES string of the molecule is Cc1ccc(N(C)c2ccc(-c3ccc(N(c4ccc(-c5ccc(N(c6ccc(-c7ccc(N(c8ccc(C)cc8C)c8ccc(C)cc8C)cc7)cc6)c6ccc(C)cc6C)cc5)cc4)c4ccc(C)cc4C)cc3)cc2)c(C)c1. The van der Waals surface area contributed by atoms with Crippen LogP contribution in [0.5, 0.6) is 0 Å². The zero-order chi connectivity index (χ0) is 56.5. The Morgan fingerprint density at radius 2 is 0.370 bits per heavy atom. The molecule has 4 heteroatoms. The van der Waals surface area contributed by atoms with Gasteiger partial charge in [0.2, 0.25) is 0 Å². The minimum absolute atomic E-state index is 1.10. The highest BCUT2D eigenvalue weighted by molar-refractivity contribution is 5.86. The van der Waals surface area contributed by atoms with E-state index < -0.39 is 0 Å². The molecule has 0 atom stereocenters. The Bertz CT molecular complexity index is 3970. The summed E-state index contributed by atoms with van der Waals surface area (Å²) in [6, 6.07) is 87.5. The average Bonchev–Trinajstić information content (AvgIpc) is 3.47. The highest BCUT2D eigenvalue weighted by Gasteiger charge is 2.20. The predicted molar refractivity (Wildman–Crippen MR) is 349 cm³/mol. The van der Waals surface area contributed by atoms with Gasteiger partial charge in [0.1, 0.15) is 0 Å². The van der Waals surface area contributed by atoms with E-state index >= 15 is 0 Å². The van der Waals surface area contributed by atoms with E-state index in [1.165, 1.54) is 95.0 Å². The van der Waals surface area contributed by atoms with Crippen molar-refractivity contribution in [1.29, 1.82) is 0 Å². The van der Waals surface area contributed by atoms with Crippen LogP contribution in [0.4, 0.5) is 62.6 Å². The molecule has 0 saturated carbocycles. The van der Waals surface area contributed by atoms with Gasteiger partial charge in [-0.2, -0.15) is 0 Å². The van der Waals surface area contributed by atoms with Crippen LogP contribution < -0.4 is 19.6 Å². The van der Waals surface area contributed by atoms with Crippen LogP contribution in [0.3, 0.4) is 0 Å². The van der Waals surface area contributed by atoms with Crippen molar-refractivity contribution >= 4 is 62.6 Å². The Balaban J connectivity index is 0.851. The van der Waals surface area contributed by atoms with Crippen molar-refractivity contribution in [2.24, 2.45) is 0 Å². The Morgan fingerprint density at radius 1 is 0.185 bits per heavy atom. The number of rotatable bonds is 14. The summed E-state index contributed by atoms with van der Waals surface area (Å²) >= 11 is 0. The Labute approximate surface area is 481 Å². The molecule has 0 radical (unpaired) electrons. The Kier molecular flexibility index (Phi) is 15.1. The fraction of sp³-hybridized carbons (Fsp3) is 0.143. The second-order valence-electron chi connectivity index (χ2n) is 22.3. The summed E-state index contributed by atoms with van der Waals surface area (Å²) in [5.41, 5.74) is 32.1. The standard InChI is InChI=1S/C77H72N4/c1-51-12-41-73(56(6)46-51)78(11)67-29-17-61(18-30-67)62-19-31-68(32-20-62)79(74-42-13-52(2)47-57(74)7)69-33-21-63(22-34-69)64-23-35-70(36-24-64)80(75-43-14-53(3)48-58(75)8)71-37-25-65(26-38-71)66-27-39-72(40-28-66)81(76-44-15-54(4)49-59(76)9)77-45-16-55(5)50-60(77)10/h12-50H,1-11H3. The third-order valence-corrected chi connectivity index (χ3v) is 16.0. The summed E-state index contributed by atoms with van der Waals surface area (Å²) in [6.07, 6.45) is 0. The lowest BCUT2D eigenvalue weighted by Gasteiger charge is -2.29. The molecule has 0 aromatic heterocycles. The summed E-state index contributed by atoms with van der Waals surface area (Å²) in [4.78, 5) is 9.42. The van der Waals surface area contributed by atoms with Crippen molar-refractivity contribution in [2.45, 2.75) is 69.2 Å². The van der Waals surface area contributed by atoms with E-state index in [1.807, 2.05) is 0 Å². The highest BCUT2D eigenvalue weighted by atomic mass is 15.2. The molecule has 0 unspecified atom stereocenters. The summed E-state index contributed by atoms with van der Waals surface area (Å²) in [7, 11) is 2.14. The van der Waals surface area contributed by atoms with E-state index in [-0.39, 0.29) is 0 Å². The van der Waals surface area contributed by atoms with Crippen LogP contribution in [0.2, 0.25) is 0 Å². The van der Waals surface area contributed by atoms with Crippen LogP contribution >= 0.6 is 0 Å². The zero-order valence-corrected chi connectivity index (χ0v) is 48.8. The van der Waals surface area contributed by atoms with Crippen LogP contribution in [0.25, 0.3) is 33.4 Å². The van der Waals surface area contributed by atoms with Crippen molar-refractivity contribution in [3.8, 4) is 33.4 Å². The average molecular weight is 1050 g/mol. The molecule has 4 nitrogen and oxygen atoms in total. The maximum absolute atomic E-state index is 2.40. The molecule has 0 amide bonds. The van der Waals surface area contributed by atoms with Gasteiger partial charge in [-0.05, 0) is 234 Å². The molecule has 0 N–H and O–H groups in total. The van der Waals surface area contributed by atoms with E-state index in [0.717, 1.165) is 56.6 Å². The van der Waals surface area contributed by atoms with Crippen LogP contribution in [0.15, 0.2) is 237 Å². The number of aryl methyl sites for hydroxylation is 10. The first-order valence-corrected chi connectivity index (χ1v) is 28.3. The van der Waals surface area contributed by atoms with Gasteiger partial charge in [-0.1, -0.05) is 161 Å². The van der Waals surface area contributed by atoms with Crippen molar-refractivity contribution in [2.75, 3.05) is 26.6 Å². The van der Waals surface area contributed by atoms with Gasteiger partial charge in [-0.25, -0.2) is 0 Å². The molecule has 11 rings (SSSR count). The van der Waals surface area contributed by atoms with Gasteiger partial charge in [0.05, 0.1) is 0 Å². The van der Waals surface area contributed by atoms with Crippen molar-refractivity contribution in [3.63, 3.8) is 0 Å². The Morgan fingerprint density at radius 3 is 0.593 bits per heavy atom.